The van der Waals surface area contributed by atoms with Crippen molar-refractivity contribution in [3.63, 3.8) is 0 Å². The molecule has 8 rings (SSSR count). The van der Waals surface area contributed by atoms with Crippen molar-refractivity contribution in [2.75, 3.05) is 0 Å². The highest BCUT2D eigenvalue weighted by Gasteiger charge is 2.19. The Balaban J connectivity index is 1.36. The normalized spacial score (nSPS) is 12.0. The van der Waals surface area contributed by atoms with Gasteiger partial charge in [-0.1, -0.05) is 105 Å². The van der Waals surface area contributed by atoms with Crippen LogP contribution in [0.4, 0.5) is 0 Å². The Morgan fingerprint density at radius 1 is 0.475 bits per heavy atom. The van der Waals surface area contributed by atoms with Crippen molar-refractivity contribution >= 4 is 54.5 Å². The van der Waals surface area contributed by atoms with E-state index in [-0.39, 0.29) is 5.92 Å². The summed E-state index contributed by atoms with van der Waals surface area (Å²) in [6, 6.07) is 40.4. The Kier molecular flexibility index (Phi) is 5.02. The molecule has 0 amide bonds. The van der Waals surface area contributed by atoms with Gasteiger partial charge >= 0.3 is 0 Å². The summed E-state index contributed by atoms with van der Waals surface area (Å²) in [4.78, 5) is 10.7. The molecule has 0 saturated heterocycles. The molecule has 8 aromatic rings. The highest BCUT2D eigenvalue weighted by Crippen LogP contribution is 2.38. The molecule has 0 atom stereocenters. The number of rotatable bonds is 3. The first-order valence-electron chi connectivity index (χ1n) is 13.8. The van der Waals surface area contributed by atoms with Crippen LogP contribution < -0.4 is 0 Å². The first-order chi connectivity index (χ1) is 19.7. The minimum atomic E-state index is 0.217. The van der Waals surface area contributed by atoms with Crippen LogP contribution in [0, 0.1) is 0 Å². The fraction of sp³-hybridized carbons (Fsp3) is 0.0811. The van der Waals surface area contributed by atoms with E-state index in [4.69, 9.17) is 14.4 Å². The summed E-state index contributed by atoms with van der Waals surface area (Å²) in [6.07, 6.45) is 0. The second-order valence-electron chi connectivity index (χ2n) is 10.8. The van der Waals surface area contributed by atoms with Crippen molar-refractivity contribution in [3.8, 4) is 22.4 Å². The molecule has 3 nitrogen and oxygen atoms in total. The van der Waals surface area contributed by atoms with Crippen molar-refractivity contribution in [1.82, 2.24) is 9.97 Å². The third-order valence-corrected chi connectivity index (χ3v) is 7.97. The summed E-state index contributed by atoms with van der Waals surface area (Å²) in [5.41, 5.74) is 9.06. The van der Waals surface area contributed by atoms with Gasteiger partial charge in [0.1, 0.15) is 11.2 Å². The predicted octanol–water partition coefficient (Wildman–Crippen LogP) is 10.3. The van der Waals surface area contributed by atoms with Crippen molar-refractivity contribution in [2.45, 2.75) is 19.8 Å². The monoisotopic (exact) mass is 514 g/mol. The molecular weight excluding hydrogens is 488 g/mol. The molecule has 6 aromatic carbocycles. The molecule has 40 heavy (non-hydrogen) atoms. The number of aromatic nitrogens is 2. The van der Waals surface area contributed by atoms with Crippen LogP contribution in [0.2, 0.25) is 0 Å². The third kappa shape index (κ3) is 3.44. The van der Waals surface area contributed by atoms with E-state index in [1.165, 1.54) is 10.8 Å². The van der Waals surface area contributed by atoms with E-state index >= 15 is 0 Å². The molecule has 3 heteroatoms. The zero-order chi connectivity index (χ0) is 26.8. The SMILES string of the molecule is CC(C)c1nc2c3ccccc3c3ccccc3c2nc1-c1cccc(-c2ccc3oc4ccccc4c3c2)c1. The van der Waals surface area contributed by atoms with Gasteiger partial charge in [0.25, 0.3) is 0 Å². The minimum Gasteiger partial charge on any atom is -0.456 e. The van der Waals surface area contributed by atoms with Crippen LogP contribution in [0.25, 0.3) is 76.9 Å². The van der Waals surface area contributed by atoms with Gasteiger partial charge in [-0.3, -0.25) is 0 Å². The first-order valence-corrected chi connectivity index (χ1v) is 13.8. The van der Waals surface area contributed by atoms with Gasteiger partial charge in [-0.25, -0.2) is 9.97 Å². The third-order valence-electron chi connectivity index (χ3n) is 7.97. The van der Waals surface area contributed by atoms with Gasteiger partial charge in [0.15, 0.2) is 0 Å². The number of hydrogen-bond donors (Lipinski definition) is 0. The predicted molar refractivity (Wildman–Crippen MR) is 167 cm³/mol. The van der Waals surface area contributed by atoms with Crippen LogP contribution in [-0.2, 0) is 0 Å². The molecule has 0 spiro atoms. The van der Waals surface area contributed by atoms with Crippen molar-refractivity contribution < 1.29 is 4.42 Å². The Morgan fingerprint density at radius 3 is 1.77 bits per heavy atom. The van der Waals surface area contributed by atoms with Crippen molar-refractivity contribution in [2.24, 2.45) is 0 Å². The smallest absolute Gasteiger partial charge is 0.135 e. The standard InChI is InChI=1S/C37H26N2O/c1-22(2)34-35(39-37-30-16-6-4-13-27(30)26-12-3-5-15-29(26)36(37)38-34)25-11-9-10-23(20-25)24-18-19-33-31(21-24)28-14-7-8-17-32(28)40-33/h3-22H,1-2H3. The van der Waals surface area contributed by atoms with E-state index in [0.29, 0.717) is 0 Å². The van der Waals surface area contributed by atoms with Crippen LogP contribution >= 0.6 is 0 Å². The summed E-state index contributed by atoms with van der Waals surface area (Å²) in [6.45, 7) is 4.40. The number of nitrogens with zero attached hydrogens (tertiary/aromatic N) is 2. The van der Waals surface area contributed by atoms with Crippen LogP contribution in [0.3, 0.4) is 0 Å². The second kappa shape index (κ2) is 8.75. The van der Waals surface area contributed by atoms with Gasteiger partial charge in [-0.05, 0) is 52.1 Å². The van der Waals surface area contributed by atoms with E-state index in [1.54, 1.807) is 0 Å². The van der Waals surface area contributed by atoms with Crippen LogP contribution in [-0.4, -0.2) is 9.97 Å². The fourth-order valence-electron chi connectivity index (χ4n) is 6.04. The summed E-state index contributed by atoms with van der Waals surface area (Å²) >= 11 is 0. The average Bonchev–Trinajstić information content (AvgIpc) is 3.38. The topological polar surface area (TPSA) is 38.9 Å². The molecule has 2 aromatic heterocycles. The molecular formula is C37H26N2O. The molecule has 0 unspecified atom stereocenters. The Morgan fingerprint density at radius 2 is 1.05 bits per heavy atom. The van der Waals surface area contributed by atoms with Gasteiger partial charge in [0.05, 0.1) is 22.4 Å². The van der Waals surface area contributed by atoms with Crippen molar-refractivity contribution in [1.29, 1.82) is 0 Å². The lowest BCUT2D eigenvalue weighted by Crippen LogP contribution is -2.02. The molecule has 0 aliphatic carbocycles. The maximum atomic E-state index is 6.07. The van der Waals surface area contributed by atoms with Crippen LogP contribution in [0.15, 0.2) is 120 Å². The zero-order valence-corrected chi connectivity index (χ0v) is 22.3. The maximum absolute atomic E-state index is 6.07. The maximum Gasteiger partial charge on any atom is 0.135 e. The Labute approximate surface area is 231 Å². The Bertz CT molecular complexity index is 2260. The van der Waals surface area contributed by atoms with E-state index in [2.05, 4.69) is 117 Å². The van der Waals surface area contributed by atoms with Gasteiger partial charge in [0, 0.05) is 27.1 Å². The molecule has 0 aliphatic rings. The summed E-state index contributed by atoms with van der Waals surface area (Å²) in [7, 11) is 0. The Hall–Kier alpha value is -5.02. The summed E-state index contributed by atoms with van der Waals surface area (Å²) in [5.74, 6) is 0.217. The largest absolute Gasteiger partial charge is 0.456 e. The lowest BCUT2D eigenvalue weighted by Gasteiger charge is -2.16. The van der Waals surface area contributed by atoms with E-state index in [1.807, 2.05) is 12.1 Å². The second-order valence-corrected chi connectivity index (χ2v) is 10.8. The minimum absolute atomic E-state index is 0.217. The molecule has 0 saturated carbocycles. The van der Waals surface area contributed by atoms with E-state index in [0.717, 1.165) is 71.8 Å². The van der Waals surface area contributed by atoms with Gasteiger partial charge in [-0.2, -0.15) is 0 Å². The summed E-state index contributed by atoms with van der Waals surface area (Å²) in [5, 5.41) is 6.96. The molecule has 0 radical (unpaired) electrons. The zero-order valence-electron chi connectivity index (χ0n) is 22.3. The molecule has 0 aliphatic heterocycles. The lowest BCUT2D eigenvalue weighted by atomic mass is 9.95. The number of benzene rings is 6. The number of para-hydroxylation sites is 1. The van der Waals surface area contributed by atoms with Crippen molar-refractivity contribution in [3.05, 3.63) is 121 Å². The van der Waals surface area contributed by atoms with Gasteiger partial charge in [0.2, 0.25) is 0 Å². The van der Waals surface area contributed by atoms with Gasteiger partial charge in [-0.15, -0.1) is 0 Å². The highest BCUT2D eigenvalue weighted by molar-refractivity contribution is 6.23. The van der Waals surface area contributed by atoms with Gasteiger partial charge < -0.3 is 4.42 Å². The molecule has 0 fully saturated rings. The number of furan rings is 1. The fourth-order valence-corrected chi connectivity index (χ4v) is 6.04. The highest BCUT2D eigenvalue weighted by atomic mass is 16.3. The molecule has 0 bridgehead atoms. The lowest BCUT2D eigenvalue weighted by molar-refractivity contribution is 0.669. The van der Waals surface area contributed by atoms with Crippen LogP contribution in [0.1, 0.15) is 25.5 Å². The number of fused-ring (bicyclic) bond motifs is 9. The number of hydrogen-bond acceptors (Lipinski definition) is 3. The molecule has 2 heterocycles. The quantitative estimate of drug-likeness (QED) is 0.220. The first kappa shape index (κ1) is 22.9. The average molecular weight is 515 g/mol. The summed E-state index contributed by atoms with van der Waals surface area (Å²) < 4.78 is 6.07. The van der Waals surface area contributed by atoms with E-state index in [9.17, 15) is 0 Å². The van der Waals surface area contributed by atoms with E-state index < -0.39 is 0 Å². The molecule has 0 N–H and O–H groups in total. The van der Waals surface area contributed by atoms with Crippen LogP contribution in [0.5, 0.6) is 0 Å². The molecule has 190 valence electrons.